The zero-order chi connectivity index (χ0) is 26.5. The maximum atomic E-state index is 13.3. The van der Waals surface area contributed by atoms with Crippen LogP contribution in [0.4, 0.5) is 15.3 Å². The first-order chi connectivity index (χ1) is 16.9. The number of hydrogen-bond acceptors (Lipinski definition) is 9. The Morgan fingerprint density at radius 2 is 1.50 bits per heavy atom. The van der Waals surface area contributed by atoms with E-state index in [4.69, 9.17) is 9.47 Å². The fourth-order valence-corrected chi connectivity index (χ4v) is 3.72. The Kier molecular flexibility index (Phi) is 8.13. The molecule has 190 valence electrons. The summed E-state index contributed by atoms with van der Waals surface area (Å²) in [6, 6.07) is 11.9. The molecule has 0 fully saturated rings. The van der Waals surface area contributed by atoms with Gasteiger partial charge in [-0.2, -0.15) is 0 Å². The van der Waals surface area contributed by atoms with E-state index in [-0.39, 0.29) is 16.7 Å². The van der Waals surface area contributed by atoms with Crippen LogP contribution < -0.4 is 4.90 Å². The summed E-state index contributed by atoms with van der Waals surface area (Å²) in [6.45, 7) is 10.4. The van der Waals surface area contributed by atoms with Crippen molar-refractivity contribution in [3.05, 3.63) is 54.9 Å². The van der Waals surface area contributed by atoms with Crippen molar-refractivity contribution in [3.63, 3.8) is 0 Å². The summed E-state index contributed by atoms with van der Waals surface area (Å²) in [5.41, 5.74) is -0.604. The summed E-state index contributed by atoms with van der Waals surface area (Å²) in [5, 5.41) is 8.41. The molecule has 0 atom stereocenters. The van der Waals surface area contributed by atoms with E-state index >= 15 is 0 Å². The monoisotopic (exact) mass is 511 g/mol. The number of para-hydroxylation sites is 1. The summed E-state index contributed by atoms with van der Waals surface area (Å²) in [4.78, 5) is 44.2. The highest BCUT2D eigenvalue weighted by atomic mass is 32.2. The van der Waals surface area contributed by atoms with Crippen LogP contribution in [0.25, 0.3) is 11.4 Å². The Morgan fingerprint density at radius 3 is 2.08 bits per heavy atom. The number of aromatic nitrogens is 4. The number of ether oxygens (including phenoxy) is 2. The molecule has 3 aromatic rings. The van der Waals surface area contributed by atoms with Crippen molar-refractivity contribution < 1.29 is 23.9 Å². The first-order valence-corrected chi connectivity index (χ1v) is 12.2. The molecule has 0 aliphatic rings. The van der Waals surface area contributed by atoms with Crippen LogP contribution in [-0.4, -0.2) is 54.8 Å². The van der Waals surface area contributed by atoms with Crippen molar-refractivity contribution >= 4 is 35.5 Å². The minimum Gasteiger partial charge on any atom is -0.443 e. The minimum atomic E-state index is -0.801. The number of carbonyl (C=O) groups excluding carboxylic acids is 3. The standard InChI is InChI=1S/C25H29N5O5S/c1-24(2,3)34-22(32)29(18-10-8-7-9-11-18)19(31)16-36-21-28-27-20(17-12-14-26-15-13-17)30(21)23(33)35-25(4,5)6/h7-15H,16H2,1-6H3. The lowest BCUT2D eigenvalue weighted by Gasteiger charge is -2.26. The normalized spacial score (nSPS) is 11.6. The predicted octanol–water partition coefficient (Wildman–Crippen LogP) is 5.18. The lowest BCUT2D eigenvalue weighted by Crippen LogP contribution is -2.42. The number of rotatable bonds is 5. The third kappa shape index (κ3) is 7.14. The van der Waals surface area contributed by atoms with E-state index in [0.29, 0.717) is 11.3 Å². The zero-order valence-electron chi connectivity index (χ0n) is 21.1. The molecule has 10 nitrogen and oxygen atoms in total. The van der Waals surface area contributed by atoms with Gasteiger partial charge in [-0.1, -0.05) is 30.0 Å². The van der Waals surface area contributed by atoms with Gasteiger partial charge in [-0.25, -0.2) is 19.1 Å². The molecule has 2 amide bonds. The molecule has 0 N–H and O–H groups in total. The van der Waals surface area contributed by atoms with Crippen molar-refractivity contribution in [1.82, 2.24) is 19.7 Å². The average Bonchev–Trinajstić information content (AvgIpc) is 3.21. The van der Waals surface area contributed by atoms with Gasteiger partial charge in [0.1, 0.15) is 11.2 Å². The van der Waals surface area contributed by atoms with E-state index in [1.54, 1.807) is 96.4 Å². The highest BCUT2D eigenvalue weighted by molar-refractivity contribution is 7.99. The molecule has 36 heavy (non-hydrogen) atoms. The van der Waals surface area contributed by atoms with Crippen LogP contribution in [0, 0.1) is 0 Å². The number of hydrogen-bond donors (Lipinski definition) is 0. The lowest BCUT2D eigenvalue weighted by atomic mass is 10.2. The smallest absolute Gasteiger partial charge is 0.422 e. The van der Waals surface area contributed by atoms with Crippen LogP contribution in [-0.2, 0) is 14.3 Å². The first kappa shape index (κ1) is 26.9. The molecule has 11 heteroatoms. The summed E-state index contributed by atoms with van der Waals surface area (Å²) >= 11 is 0.957. The number of carbonyl (C=O) groups is 3. The second-order valence-electron chi connectivity index (χ2n) is 9.69. The quantitative estimate of drug-likeness (QED) is 0.427. The van der Waals surface area contributed by atoms with E-state index < -0.39 is 29.3 Å². The molecular formula is C25H29N5O5S. The largest absolute Gasteiger partial charge is 0.443 e. The van der Waals surface area contributed by atoms with Gasteiger partial charge in [-0.15, -0.1) is 10.2 Å². The number of nitrogens with zero attached hydrogens (tertiary/aromatic N) is 5. The molecule has 0 aliphatic heterocycles. The van der Waals surface area contributed by atoms with Crippen LogP contribution >= 0.6 is 11.8 Å². The summed E-state index contributed by atoms with van der Waals surface area (Å²) in [5.74, 6) is -0.524. The third-order valence-corrected chi connectivity index (χ3v) is 5.23. The first-order valence-electron chi connectivity index (χ1n) is 11.2. The van der Waals surface area contributed by atoms with Crippen LogP contribution in [0.5, 0.6) is 0 Å². The van der Waals surface area contributed by atoms with Gasteiger partial charge in [0.05, 0.1) is 11.4 Å². The minimum absolute atomic E-state index is 0.140. The molecule has 2 heterocycles. The Morgan fingerprint density at radius 1 is 0.889 bits per heavy atom. The van der Waals surface area contributed by atoms with E-state index in [2.05, 4.69) is 15.2 Å². The van der Waals surface area contributed by atoms with Crippen molar-refractivity contribution in [2.24, 2.45) is 0 Å². The summed E-state index contributed by atoms with van der Waals surface area (Å²) < 4.78 is 12.2. The van der Waals surface area contributed by atoms with E-state index in [9.17, 15) is 14.4 Å². The number of benzene rings is 1. The van der Waals surface area contributed by atoms with Gasteiger partial charge in [0.15, 0.2) is 5.82 Å². The number of thioether (sulfide) groups is 1. The molecule has 0 spiro atoms. The van der Waals surface area contributed by atoms with Gasteiger partial charge >= 0.3 is 12.2 Å². The molecule has 3 rings (SSSR count). The Hall–Kier alpha value is -3.73. The van der Waals surface area contributed by atoms with Gasteiger partial charge in [0, 0.05) is 18.0 Å². The Bertz CT molecular complexity index is 1220. The molecular weight excluding hydrogens is 482 g/mol. The molecule has 0 aliphatic carbocycles. The maximum absolute atomic E-state index is 13.3. The lowest BCUT2D eigenvalue weighted by molar-refractivity contribution is -0.116. The van der Waals surface area contributed by atoms with Gasteiger partial charge in [0.2, 0.25) is 11.1 Å². The molecule has 0 saturated heterocycles. The number of amides is 2. The van der Waals surface area contributed by atoms with Crippen molar-refractivity contribution in [1.29, 1.82) is 0 Å². The fraction of sp³-hybridized carbons (Fsp3) is 0.360. The Balaban J connectivity index is 1.90. The molecule has 0 saturated carbocycles. The van der Waals surface area contributed by atoms with Gasteiger partial charge in [-0.05, 0) is 65.8 Å². The number of imide groups is 1. The maximum Gasteiger partial charge on any atom is 0.422 e. The molecule has 0 unspecified atom stereocenters. The molecule has 2 aromatic heterocycles. The highest BCUT2D eigenvalue weighted by Gasteiger charge is 2.30. The van der Waals surface area contributed by atoms with Gasteiger partial charge in [-0.3, -0.25) is 9.78 Å². The third-order valence-electron chi connectivity index (χ3n) is 4.31. The van der Waals surface area contributed by atoms with E-state index in [1.807, 2.05) is 0 Å². The highest BCUT2D eigenvalue weighted by Crippen LogP contribution is 2.27. The van der Waals surface area contributed by atoms with Crippen LogP contribution in [0.2, 0.25) is 0 Å². The van der Waals surface area contributed by atoms with Crippen molar-refractivity contribution in [3.8, 4) is 11.4 Å². The van der Waals surface area contributed by atoms with E-state index in [1.165, 1.54) is 4.57 Å². The molecule has 1 aromatic carbocycles. The number of anilines is 1. The predicted molar refractivity (Wildman–Crippen MR) is 136 cm³/mol. The second kappa shape index (κ2) is 10.9. The number of pyridine rings is 1. The van der Waals surface area contributed by atoms with Gasteiger partial charge in [0.25, 0.3) is 0 Å². The van der Waals surface area contributed by atoms with Crippen molar-refractivity contribution in [2.75, 3.05) is 10.7 Å². The molecule has 0 bridgehead atoms. The van der Waals surface area contributed by atoms with Crippen LogP contribution in [0.15, 0.2) is 60.0 Å². The van der Waals surface area contributed by atoms with Crippen LogP contribution in [0.1, 0.15) is 41.5 Å². The fourth-order valence-electron chi connectivity index (χ4n) is 2.95. The zero-order valence-corrected chi connectivity index (χ0v) is 21.9. The van der Waals surface area contributed by atoms with Crippen molar-refractivity contribution in [2.45, 2.75) is 57.9 Å². The van der Waals surface area contributed by atoms with Gasteiger partial charge < -0.3 is 9.47 Å². The summed E-state index contributed by atoms with van der Waals surface area (Å²) in [6.07, 6.45) is 1.64. The average molecular weight is 512 g/mol. The second-order valence-corrected chi connectivity index (χ2v) is 10.6. The Labute approximate surface area is 214 Å². The summed E-state index contributed by atoms with van der Waals surface area (Å²) in [7, 11) is 0. The van der Waals surface area contributed by atoms with E-state index in [0.717, 1.165) is 16.7 Å². The van der Waals surface area contributed by atoms with Crippen LogP contribution in [0.3, 0.4) is 0 Å². The topological polar surface area (TPSA) is 117 Å². The molecule has 0 radical (unpaired) electrons. The SMILES string of the molecule is CC(C)(C)OC(=O)N(C(=O)CSc1nnc(-c2ccncc2)n1C(=O)OC(C)(C)C)c1ccccc1.